The minimum atomic E-state index is -0.206. The molecule has 120 valence electrons. The number of nitrogens with zero attached hydrogens (tertiary/aromatic N) is 2. The molecule has 22 heavy (non-hydrogen) atoms. The molecule has 2 aliphatic carbocycles. The summed E-state index contributed by atoms with van der Waals surface area (Å²) in [4.78, 5) is 16.8. The van der Waals surface area contributed by atoms with Crippen molar-refractivity contribution in [3.8, 4) is 0 Å². The average Bonchev–Trinajstić information content (AvgIpc) is 2.49. The zero-order valence-electron chi connectivity index (χ0n) is 13.5. The second-order valence-electron chi connectivity index (χ2n) is 7.46. The van der Waals surface area contributed by atoms with Gasteiger partial charge in [-0.1, -0.05) is 13.8 Å². The third-order valence-corrected chi connectivity index (χ3v) is 5.08. The number of carbonyl (C=O) groups is 1. The van der Waals surface area contributed by atoms with Gasteiger partial charge in [0.2, 0.25) is 11.9 Å². The summed E-state index contributed by atoms with van der Waals surface area (Å²) in [7, 11) is 0. The molecule has 1 fully saturated rings. The lowest BCUT2D eigenvalue weighted by atomic mass is 9.75. The number of fused-ring (bicyclic) bond motifs is 1. The molecule has 1 amide bonds. The van der Waals surface area contributed by atoms with E-state index in [2.05, 4.69) is 24.1 Å². The maximum atomic E-state index is 12.4. The van der Waals surface area contributed by atoms with Crippen LogP contribution in [0.2, 0.25) is 0 Å². The van der Waals surface area contributed by atoms with Crippen LogP contribution in [0.4, 0.5) is 0 Å². The van der Waals surface area contributed by atoms with Crippen molar-refractivity contribution < 1.29 is 9.52 Å². The molecule has 0 bridgehead atoms. The first-order chi connectivity index (χ1) is 10.4. The summed E-state index contributed by atoms with van der Waals surface area (Å²) in [6.07, 6.45) is 9.23. The average molecular weight is 303 g/mol. The van der Waals surface area contributed by atoms with Crippen molar-refractivity contribution in [1.29, 1.82) is 0 Å². The van der Waals surface area contributed by atoms with E-state index in [4.69, 9.17) is 0 Å². The number of hydrogen-bond donors (Lipinski definition) is 1. The summed E-state index contributed by atoms with van der Waals surface area (Å²) in [5, 5.41) is 15.1. The van der Waals surface area contributed by atoms with E-state index in [9.17, 15) is 10.0 Å². The first-order valence-corrected chi connectivity index (χ1v) is 8.37. The van der Waals surface area contributed by atoms with Crippen LogP contribution in [0.5, 0.6) is 0 Å². The number of amides is 1. The summed E-state index contributed by atoms with van der Waals surface area (Å²) < 4.78 is 0.848. The van der Waals surface area contributed by atoms with Crippen LogP contribution in [0, 0.1) is 10.6 Å². The monoisotopic (exact) mass is 303 g/mol. The fourth-order valence-corrected chi connectivity index (χ4v) is 3.51. The van der Waals surface area contributed by atoms with E-state index in [1.54, 1.807) is 0 Å². The van der Waals surface area contributed by atoms with Gasteiger partial charge < -0.3 is 10.5 Å². The Labute approximate surface area is 131 Å². The highest BCUT2D eigenvalue weighted by Crippen LogP contribution is 2.35. The summed E-state index contributed by atoms with van der Waals surface area (Å²) in [5.74, 6) is -0.206. The van der Waals surface area contributed by atoms with E-state index in [1.807, 2.05) is 0 Å². The quantitative estimate of drug-likeness (QED) is 0.673. The smallest absolute Gasteiger partial charge is 0.276 e. The van der Waals surface area contributed by atoms with Crippen molar-refractivity contribution in [3.05, 3.63) is 28.5 Å². The Kier molecular flexibility index (Phi) is 4.06. The lowest BCUT2D eigenvalue weighted by Gasteiger charge is -2.34. The first-order valence-electron chi connectivity index (χ1n) is 8.37. The Hall–Kier alpha value is -1.65. The predicted octanol–water partition coefficient (Wildman–Crippen LogP) is 2.29. The largest absolute Gasteiger partial charge is 0.618 e. The van der Waals surface area contributed by atoms with Crippen molar-refractivity contribution in [2.24, 2.45) is 5.41 Å². The van der Waals surface area contributed by atoms with E-state index in [1.165, 1.54) is 6.20 Å². The fourth-order valence-electron chi connectivity index (χ4n) is 3.51. The zero-order valence-corrected chi connectivity index (χ0v) is 13.5. The fraction of sp³-hybridized carbons (Fsp3) is 0.706. The molecule has 3 rings (SSSR count). The third kappa shape index (κ3) is 3.23. The highest BCUT2D eigenvalue weighted by molar-refractivity contribution is 5.92. The molecule has 0 aliphatic heterocycles. The van der Waals surface area contributed by atoms with E-state index < -0.39 is 0 Å². The maximum absolute atomic E-state index is 12.4. The third-order valence-electron chi connectivity index (χ3n) is 5.08. The molecule has 0 radical (unpaired) electrons. The van der Waals surface area contributed by atoms with Crippen LogP contribution in [0.1, 0.15) is 74.2 Å². The van der Waals surface area contributed by atoms with Gasteiger partial charge in [-0.3, -0.25) is 4.79 Å². The lowest BCUT2D eigenvalue weighted by Crippen LogP contribution is -2.42. The number of carbonyl (C=O) groups excluding carboxylic acids is 1. The van der Waals surface area contributed by atoms with Gasteiger partial charge in [-0.05, 0) is 50.4 Å². The Balaban J connectivity index is 1.69. The van der Waals surface area contributed by atoms with Crippen LogP contribution >= 0.6 is 0 Å². The van der Waals surface area contributed by atoms with Crippen LogP contribution in [-0.2, 0) is 12.8 Å². The first kappa shape index (κ1) is 15.3. The Morgan fingerprint density at radius 1 is 1.32 bits per heavy atom. The summed E-state index contributed by atoms with van der Waals surface area (Å²) in [6, 6.07) is 0.207. The lowest BCUT2D eigenvalue weighted by molar-refractivity contribution is -0.615. The molecule has 1 aromatic heterocycles. The normalized spacial score (nSPS) is 21.2. The van der Waals surface area contributed by atoms with Crippen LogP contribution in [0.15, 0.2) is 6.20 Å². The molecule has 5 nitrogen and oxygen atoms in total. The van der Waals surface area contributed by atoms with Gasteiger partial charge in [-0.2, -0.15) is 4.73 Å². The maximum Gasteiger partial charge on any atom is 0.276 e. The predicted molar refractivity (Wildman–Crippen MR) is 83.3 cm³/mol. The summed E-state index contributed by atoms with van der Waals surface area (Å²) in [6.45, 7) is 4.55. The number of hydrogen-bond acceptors (Lipinski definition) is 3. The standard InChI is InChI=1S/C17H25N3O2/c1-17(2)9-7-12(8-10-17)18-16(21)14-11-20(22)15-6-4-3-5-13(15)19-14/h11-12H,3-10H2,1-2H3,(H,18,21). The van der Waals surface area contributed by atoms with Gasteiger partial charge in [0.1, 0.15) is 5.69 Å². The van der Waals surface area contributed by atoms with E-state index >= 15 is 0 Å². The molecule has 1 N–H and O–H groups in total. The molecular formula is C17H25N3O2. The molecule has 0 unspecified atom stereocenters. The summed E-state index contributed by atoms with van der Waals surface area (Å²) in [5.41, 5.74) is 2.19. The molecule has 1 saturated carbocycles. The zero-order chi connectivity index (χ0) is 15.7. The van der Waals surface area contributed by atoms with Crippen LogP contribution < -0.4 is 10.0 Å². The van der Waals surface area contributed by atoms with Crippen molar-refractivity contribution in [2.75, 3.05) is 0 Å². The highest BCUT2D eigenvalue weighted by atomic mass is 16.5. The van der Waals surface area contributed by atoms with Crippen LogP contribution in [0.3, 0.4) is 0 Å². The van der Waals surface area contributed by atoms with Gasteiger partial charge in [0, 0.05) is 12.5 Å². The minimum absolute atomic E-state index is 0.206. The second-order valence-corrected chi connectivity index (χ2v) is 7.46. The SMILES string of the molecule is CC1(C)CCC(NC(=O)c2c[n+]([O-])c3c(n2)CCCC3)CC1. The van der Waals surface area contributed by atoms with Gasteiger partial charge in [-0.25, -0.2) is 4.98 Å². The molecular weight excluding hydrogens is 278 g/mol. The van der Waals surface area contributed by atoms with Crippen molar-refractivity contribution in [3.63, 3.8) is 0 Å². The van der Waals surface area contributed by atoms with Gasteiger partial charge in [0.25, 0.3) is 5.91 Å². The molecule has 2 aliphatic rings. The minimum Gasteiger partial charge on any atom is -0.618 e. The van der Waals surface area contributed by atoms with E-state index in [0.717, 1.165) is 67.5 Å². The summed E-state index contributed by atoms with van der Waals surface area (Å²) >= 11 is 0. The van der Waals surface area contributed by atoms with Crippen molar-refractivity contribution in [2.45, 2.75) is 71.3 Å². The Morgan fingerprint density at radius 3 is 2.73 bits per heavy atom. The molecule has 1 aromatic rings. The number of aryl methyl sites for hydroxylation is 1. The molecule has 1 heterocycles. The van der Waals surface area contributed by atoms with Crippen LogP contribution in [-0.4, -0.2) is 16.9 Å². The van der Waals surface area contributed by atoms with E-state index in [0.29, 0.717) is 5.41 Å². The van der Waals surface area contributed by atoms with Gasteiger partial charge >= 0.3 is 0 Å². The second kappa shape index (κ2) is 5.86. The highest BCUT2D eigenvalue weighted by Gasteiger charge is 2.29. The molecule has 0 atom stereocenters. The van der Waals surface area contributed by atoms with E-state index in [-0.39, 0.29) is 17.6 Å². The number of aromatic nitrogens is 2. The van der Waals surface area contributed by atoms with Crippen LogP contribution in [0.25, 0.3) is 0 Å². The van der Waals surface area contributed by atoms with Gasteiger partial charge in [0.05, 0.1) is 0 Å². The molecule has 0 aromatic carbocycles. The molecule has 0 saturated heterocycles. The Bertz CT molecular complexity index is 574. The van der Waals surface area contributed by atoms with Gasteiger partial charge in [-0.15, -0.1) is 0 Å². The van der Waals surface area contributed by atoms with Crippen molar-refractivity contribution in [1.82, 2.24) is 10.3 Å². The number of nitrogens with one attached hydrogen (secondary N) is 1. The molecule has 0 spiro atoms. The molecule has 5 heteroatoms. The van der Waals surface area contributed by atoms with Gasteiger partial charge in [0.15, 0.2) is 5.69 Å². The van der Waals surface area contributed by atoms with Crippen molar-refractivity contribution >= 4 is 5.91 Å². The number of rotatable bonds is 2. The Morgan fingerprint density at radius 2 is 2.00 bits per heavy atom. The topological polar surface area (TPSA) is 68.9 Å².